The van der Waals surface area contributed by atoms with Crippen LogP contribution in [0.25, 0.3) is 11.1 Å². The number of tetrazole rings is 1. The Balaban J connectivity index is 1.15. The van der Waals surface area contributed by atoms with Gasteiger partial charge in [-0.2, -0.15) is 13.5 Å². The fraction of sp³-hybridized carbons (Fsp3) is 0.333. The fourth-order valence-electron chi connectivity index (χ4n) is 6.31. The van der Waals surface area contributed by atoms with Crippen molar-refractivity contribution in [1.82, 2.24) is 25.2 Å². The van der Waals surface area contributed by atoms with Gasteiger partial charge in [0.1, 0.15) is 17.3 Å². The lowest BCUT2D eigenvalue weighted by Crippen LogP contribution is -2.52. The minimum atomic E-state index is -3.99. The lowest BCUT2D eigenvalue weighted by molar-refractivity contribution is -0.104. The van der Waals surface area contributed by atoms with E-state index in [9.17, 15) is 18.7 Å². The molecule has 3 aromatic carbocycles. The average Bonchev–Trinajstić information content (AvgIpc) is 3.57. The standard InChI is InChI=1S/C36H37F4N7O2/c1-4-23(2)33(48)25-7-13-29(14-8-25)46-19-17-45(18-20-46)28-11-5-24(6-12-28)26-9-16-32(41-22-26)36(39,40)35(3,47-34(49)42-43-44-47)30-15-10-27(37)21-31(30)38/h5-16,21-23,33,48H,4,17-20H2,1-3H3,(H,42,44,49)/t23?,33?,35-/m1/s1. The van der Waals surface area contributed by atoms with E-state index in [0.29, 0.717) is 16.3 Å². The molecule has 6 rings (SSSR count). The van der Waals surface area contributed by atoms with Crippen LogP contribution in [0.3, 0.4) is 0 Å². The number of aromatic amines is 1. The van der Waals surface area contributed by atoms with E-state index in [1.165, 1.54) is 12.3 Å². The average molecular weight is 676 g/mol. The Hall–Kier alpha value is -5.04. The van der Waals surface area contributed by atoms with Crippen LogP contribution >= 0.6 is 0 Å². The molecular weight excluding hydrogens is 638 g/mol. The summed E-state index contributed by atoms with van der Waals surface area (Å²) in [6.07, 6.45) is 1.73. The fourth-order valence-corrected chi connectivity index (χ4v) is 6.31. The van der Waals surface area contributed by atoms with E-state index < -0.39 is 46.1 Å². The molecule has 2 unspecified atom stereocenters. The number of rotatable bonds is 10. The Morgan fingerprint density at radius 3 is 1.98 bits per heavy atom. The quantitative estimate of drug-likeness (QED) is 0.168. The van der Waals surface area contributed by atoms with Crippen molar-refractivity contribution in [1.29, 1.82) is 0 Å². The van der Waals surface area contributed by atoms with Crippen LogP contribution < -0.4 is 15.5 Å². The number of pyridine rings is 1. The van der Waals surface area contributed by atoms with Gasteiger partial charge in [-0.25, -0.2) is 18.7 Å². The molecule has 0 saturated carbocycles. The van der Waals surface area contributed by atoms with Crippen molar-refractivity contribution in [2.45, 2.75) is 44.8 Å². The smallest absolute Gasteiger partial charge is 0.362 e. The second-order valence-corrected chi connectivity index (χ2v) is 12.6. The van der Waals surface area contributed by atoms with E-state index in [-0.39, 0.29) is 5.92 Å². The largest absolute Gasteiger partial charge is 0.388 e. The van der Waals surface area contributed by atoms with Crippen LogP contribution in [0.15, 0.2) is 89.9 Å². The Morgan fingerprint density at radius 1 is 0.878 bits per heavy atom. The maximum absolute atomic E-state index is 16.4. The molecule has 256 valence electrons. The molecule has 0 bridgehead atoms. The summed E-state index contributed by atoms with van der Waals surface area (Å²) in [4.78, 5) is 21.1. The van der Waals surface area contributed by atoms with Gasteiger partial charge in [-0.15, -0.1) is 0 Å². The van der Waals surface area contributed by atoms with Crippen molar-refractivity contribution in [2.24, 2.45) is 5.92 Å². The summed E-state index contributed by atoms with van der Waals surface area (Å²) in [7, 11) is 0. The molecule has 13 heteroatoms. The number of nitrogens with zero attached hydrogens (tertiary/aromatic N) is 6. The Morgan fingerprint density at radius 2 is 1.47 bits per heavy atom. The first kappa shape index (κ1) is 33.8. The van der Waals surface area contributed by atoms with Crippen LogP contribution in [0, 0.1) is 17.6 Å². The number of benzene rings is 3. The Kier molecular flexibility index (Phi) is 9.30. The van der Waals surface area contributed by atoms with Crippen LogP contribution in [-0.4, -0.2) is 56.5 Å². The third kappa shape index (κ3) is 6.30. The lowest BCUT2D eigenvalue weighted by atomic mass is 9.83. The molecule has 1 saturated heterocycles. The molecule has 1 aliphatic rings. The summed E-state index contributed by atoms with van der Waals surface area (Å²) in [5.41, 5.74) is -0.840. The van der Waals surface area contributed by atoms with Crippen LogP contribution in [0.4, 0.5) is 28.9 Å². The topological polar surface area (TPSA) is 103 Å². The van der Waals surface area contributed by atoms with Crippen molar-refractivity contribution >= 4 is 11.4 Å². The van der Waals surface area contributed by atoms with Gasteiger partial charge in [0, 0.05) is 60.9 Å². The monoisotopic (exact) mass is 675 g/mol. The molecule has 0 amide bonds. The molecule has 0 spiro atoms. The third-order valence-electron chi connectivity index (χ3n) is 9.68. The number of hydrogen-bond donors (Lipinski definition) is 2. The molecule has 0 aliphatic carbocycles. The van der Waals surface area contributed by atoms with Gasteiger partial charge >= 0.3 is 11.6 Å². The number of aliphatic hydroxyl groups excluding tert-OH is 1. The van der Waals surface area contributed by atoms with Gasteiger partial charge in [0.2, 0.25) is 0 Å². The molecule has 9 nitrogen and oxygen atoms in total. The highest BCUT2D eigenvalue weighted by molar-refractivity contribution is 5.66. The predicted molar refractivity (Wildman–Crippen MR) is 179 cm³/mol. The number of aromatic nitrogens is 5. The lowest BCUT2D eigenvalue weighted by Gasteiger charge is -2.37. The first-order valence-corrected chi connectivity index (χ1v) is 16.1. The van der Waals surface area contributed by atoms with Gasteiger partial charge < -0.3 is 14.9 Å². The number of aliphatic hydroxyl groups is 1. The van der Waals surface area contributed by atoms with Crippen molar-refractivity contribution in [3.63, 3.8) is 0 Å². The van der Waals surface area contributed by atoms with E-state index in [0.717, 1.165) is 80.2 Å². The molecule has 3 heterocycles. The maximum atomic E-state index is 16.4. The molecule has 1 fully saturated rings. The van der Waals surface area contributed by atoms with Gasteiger partial charge in [0.05, 0.1) is 6.10 Å². The Bertz CT molecular complexity index is 1940. The van der Waals surface area contributed by atoms with E-state index in [1.54, 1.807) is 0 Å². The molecule has 2 aromatic heterocycles. The van der Waals surface area contributed by atoms with E-state index >= 15 is 8.78 Å². The summed E-state index contributed by atoms with van der Waals surface area (Å²) in [5.74, 6) is -6.03. The van der Waals surface area contributed by atoms with Gasteiger partial charge in [-0.3, -0.25) is 4.98 Å². The molecule has 1 aliphatic heterocycles. The van der Waals surface area contributed by atoms with Crippen molar-refractivity contribution in [2.75, 3.05) is 36.0 Å². The normalized spacial score (nSPS) is 16.3. The number of piperazine rings is 1. The SMILES string of the molecule is CCC(C)C(O)c1ccc(N2CCN(c3ccc(-c4ccc(C(F)(F)[C@@](C)(c5ccc(F)cc5F)n5nn[nH]c5=O)nc4)cc3)CC2)cc1. The zero-order valence-corrected chi connectivity index (χ0v) is 27.3. The second kappa shape index (κ2) is 13.5. The first-order chi connectivity index (χ1) is 23.4. The highest BCUT2D eigenvalue weighted by Gasteiger charge is 2.58. The highest BCUT2D eigenvalue weighted by Crippen LogP contribution is 2.47. The number of hydrogen-bond acceptors (Lipinski definition) is 7. The van der Waals surface area contributed by atoms with E-state index in [1.807, 2.05) is 48.4 Å². The minimum Gasteiger partial charge on any atom is -0.388 e. The summed E-state index contributed by atoms with van der Waals surface area (Å²) >= 11 is 0. The maximum Gasteiger partial charge on any atom is 0.362 e. The van der Waals surface area contributed by atoms with Crippen LogP contribution in [0.1, 0.15) is 50.1 Å². The zero-order chi connectivity index (χ0) is 34.9. The van der Waals surface area contributed by atoms with Crippen molar-refractivity contribution in [3.8, 4) is 11.1 Å². The molecule has 49 heavy (non-hydrogen) atoms. The van der Waals surface area contributed by atoms with Crippen LogP contribution in [-0.2, 0) is 11.5 Å². The van der Waals surface area contributed by atoms with Gasteiger partial charge in [-0.1, -0.05) is 56.7 Å². The second-order valence-electron chi connectivity index (χ2n) is 12.6. The summed E-state index contributed by atoms with van der Waals surface area (Å²) in [6.45, 7) is 8.32. The highest BCUT2D eigenvalue weighted by atomic mass is 19.3. The van der Waals surface area contributed by atoms with E-state index in [4.69, 9.17) is 0 Å². The van der Waals surface area contributed by atoms with Gasteiger partial charge in [-0.05, 0) is 70.8 Å². The van der Waals surface area contributed by atoms with Crippen molar-refractivity contribution in [3.05, 3.63) is 124 Å². The molecular formula is C36H37F4N7O2. The number of H-pyrrole nitrogens is 1. The minimum absolute atomic E-state index is 0.197. The molecule has 5 aromatic rings. The predicted octanol–water partition coefficient (Wildman–Crippen LogP) is 6.27. The zero-order valence-electron chi connectivity index (χ0n) is 27.3. The first-order valence-electron chi connectivity index (χ1n) is 16.1. The number of halogens is 4. The summed E-state index contributed by atoms with van der Waals surface area (Å²) in [5, 5.41) is 19.3. The van der Waals surface area contributed by atoms with Crippen LogP contribution in [0.2, 0.25) is 0 Å². The van der Waals surface area contributed by atoms with E-state index in [2.05, 4.69) is 44.3 Å². The number of alkyl halides is 2. The van der Waals surface area contributed by atoms with Crippen LogP contribution in [0.5, 0.6) is 0 Å². The van der Waals surface area contributed by atoms with Crippen molar-refractivity contribution < 1.29 is 22.7 Å². The number of anilines is 2. The van der Waals surface area contributed by atoms with Gasteiger partial charge in [0.15, 0.2) is 5.54 Å². The third-order valence-corrected chi connectivity index (χ3v) is 9.68. The molecule has 3 atom stereocenters. The summed E-state index contributed by atoms with van der Waals surface area (Å²) < 4.78 is 61.7. The Labute approximate surface area is 280 Å². The molecule has 2 N–H and O–H groups in total. The summed E-state index contributed by atoms with van der Waals surface area (Å²) in [6, 6.07) is 20.6. The molecule has 0 radical (unpaired) electrons. The number of nitrogens with one attached hydrogen (secondary N) is 1. The van der Waals surface area contributed by atoms with Gasteiger partial charge in [0.25, 0.3) is 0 Å².